The van der Waals surface area contributed by atoms with Crippen molar-refractivity contribution in [1.29, 1.82) is 0 Å². The second kappa shape index (κ2) is 5.46. The number of rotatable bonds is 2. The second-order valence-corrected chi connectivity index (χ2v) is 5.20. The van der Waals surface area contributed by atoms with E-state index in [-0.39, 0.29) is 21.1 Å². The molecule has 2 rings (SSSR count). The zero-order valence-electron chi connectivity index (χ0n) is 8.52. The Bertz CT molecular complexity index is 610. The summed E-state index contributed by atoms with van der Waals surface area (Å²) in [6, 6.07) is 2.04. The minimum atomic E-state index is -0.739. The van der Waals surface area contributed by atoms with E-state index in [9.17, 15) is 8.78 Å². The van der Waals surface area contributed by atoms with Crippen molar-refractivity contribution < 1.29 is 8.78 Å². The molecule has 0 bridgehead atoms. The third kappa shape index (κ3) is 2.78. The Morgan fingerprint density at radius 2 is 1.83 bits per heavy atom. The fourth-order valence-corrected chi connectivity index (χ4v) is 1.96. The molecule has 0 fully saturated rings. The van der Waals surface area contributed by atoms with Crippen LogP contribution in [0.2, 0.25) is 5.15 Å². The largest absolute Gasteiger partial charge is 0.337 e. The molecule has 0 aliphatic carbocycles. The normalized spacial score (nSPS) is 10.5. The lowest BCUT2D eigenvalue weighted by Gasteiger charge is -2.09. The van der Waals surface area contributed by atoms with Crippen LogP contribution in [-0.2, 0) is 0 Å². The first-order chi connectivity index (χ1) is 8.49. The van der Waals surface area contributed by atoms with Crippen LogP contribution in [0.5, 0.6) is 0 Å². The molecule has 0 aliphatic heterocycles. The first kappa shape index (κ1) is 13.6. The van der Waals surface area contributed by atoms with Gasteiger partial charge in [-0.2, -0.15) is 0 Å². The van der Waals surface area contributed by atoms with E-state index in [2.05, 4.69) is 47.1 Å². The van der Waals surface area contributed by atoms with Gasteiger partial charge in [-0.15, -0.1) is 0 Å². The quantitative estimate of drug-likeness (QED) is 0.589. The van der Waals surface area contributed by atoms with Gasteiger partial charge in [-0.25, -0.2) is 18.7 Å². The molecule has 94 valence electrons. The zero-order valence-corrected chi connectivity index (χ0v) is 12.4. The lowest BCUT2D eigenvalue weighted by atomic mass is 10.3. The van der Waals surface area contributed by atoms with E-state index in [1.54, 1.807) is 0 Å². The first-order valence-corrected chi connectivity index (χ1v) is 6.53. The minimum absolute atomic E-state index is 0.0683. The molecular weight excluding hydrogens is 395 g/mol. The van der Waals surface area contributed by atoms with E-state index in [0.29, 0.717) is 4.47 Å². The molecule has 8 heteroatoms. The molecule has 0 atom stereocenters. The molecule has 0 amide bonds. The van der Waals surface area contributed by atoms with Crippen molar-refractivity contribution in [2.24, 2.45) is 0 Å². The smallest absolute Gasteiger partial charge is 0.149 e. The Balaban J connectivity index is 2.40. The molecule has 1 N–H and O–H groups in total. The summed E-state index contributed by atoms with van der Waals surface area (Å²) in [7, 11) is 0. The van der Waals surface area contributed by atoms with Crippen molar-refractivity contribution in [2.45, 2.75) is 0 Å². The minimum Gasteiger partial charge on any atom is -0.337 e. The van der Waals surface area contributed by atoms with Crippen LogP contribution in [-0.4, -0.2) is 9.97 Å². The monoisotopic (exact) mass is 397 g/mol. The van der Waals surface area contributed by atoms with Crippen LogP contribution in [0.15, 0.2) is 27.4 Å². The third-order valence-electron chi connectivity index (χ3n) is 2.01. The Kier molecular flexibility index (Phi) is 4.14. The van der Waals surface area contributed by atoms with Crippen LogP contribution < -0.4 is 5.32 Å². The van der Waals surface area contributed by atoms with Crippen LogP contribution >= 0.6 is 43.5 Å². The standard InChI is InChI=1S/C10H4Br2ClF2N3/c11-4-1-7(6(15)2-5(4)14)18-10-8(12)9(13)16-3-17-10/h1-3H,(H,16,17,18). The molecule has 2 aromatic rings. The summed E-state index contributed by atoms with van der Waals surface area (Å²) in [5, 5.41) is 2.88. The van der Waals surface area contributed by atoms with E-state index in [0.717, 1.165) is 6.07 Å². The molecule has 3 nitrogen and oxygen atoms in total. The van der Waals surface area contributed by atoms with Crippen LogP contribution in [0, 0.1) is 11.6 Å². The SMILES string of the molecule is Fc1cc(F)c(Nc2ncnc(Cl)c2Br)cc1Br. The number of nitrogens with zero attached hydrogens (tertiary/aromatic N) is 2. The van der Waals surface area contributed by atoms with E-state index in [1.807, 2.05) is 0 Å². The van der Waals surface area contributed by atoms with Crippen LogP contribution in [0.4, 0.5) is 20.3 Å². The molecule has 18 heavy (non-hydrogen) atoms. The molecule has 1 heterocycles. The Labute approximate surface area is 123 Å². The zero-order chi connectivity index (χ0) is 13.3. The van der Waals surface area contributed by atoms with Gasteiger partial charge in [-0.05, 0) is 37.9 Å². The summed E-state index contributed by atoms with van der Waals surface area (Å²) >= 11 is 11.9. The maximum absolute atomic E-state index is 13.5. The number of hydrogen-bond acceptors (Lipinski definition) is 3. The molecule has 0 radical (unpaired) electrons. The van der Waals surface area contributed by atoms with Crippen molar-refractivity contribution >= 4 is 55.0 Å². The van der Waals surface area contributed by atoms with Crippen molar-refractivity contribution in [3.63, 3.8) is 0 Å². The molecule has 0 saturated carbocycles. The lowest BCUT2D eigenvalue weighted by Crippen LogP contribution is -1.99. The average molecular weight is 399 g/mol. The summed E-state index contributed by atoms with van der Waals surface area (Å²) < 4.78 is 27.1. The van der Waals surface area contributed by atoms with E-state index >= 15 is 0 Å². The number of halogens is 5. The van der Waals surface area contributed by atoms with Gasteiger partial charge in [-0.1, -0.05) is 11.6 Å². The van der Waals surface area contributed by atoms with Gasteiger partial charge >= 0.3 is 0 Å². The Hall–Kier alpha value is -0.790. The second-order valence-electron chi connectivity index (χ2n) is 3.20. The number of nitrogens with one attached hydrogen (secondary N) is 1. The summed E-state index contributed by atoms with van der Waals surface area (Å²) in [5.74, 6) is -1.14. The summed E-state index contributed by atoms with van der Waals surface area (Å²) in [6.45, 7) is 0. The van der Waals surface area contributed by atoms with Gasteiger partial charge in [0.25, 0.3) is 0 Å². The van der Waals surface area contributed by atoms with Gasteiger partial charge in [0.2, 0.25) is 0 Å². The topological polar surface area (TPSA) is 37.8 Å². The summed E-state index contributed by atoms with van der Waals surface area (Å²) in [6.07, 6.45) is 1.23. The fourth-order valence-electron chi connectivity index (χ4n) is 1.18. The number of benzene rings is 1. The highest BCUT2D eigenvalue weighted by atomic mass is 79.9. The van der Waals surface area contributed by atoms with Crippen molar-refractivity contribution in [1.82, 2.24) is 9.97 Å². The number of hydrogen-bond donors (Lipinski definition) is 1. The van der Waals surface area contributed by atoms with Crippen molar-refractivity contribution in [3.8, 4) is 0 Å². The van der Waals surface area contributed by atoms with E-state index in [4.69, 9.17) is 11.6 Å². The molecular formula is C10H4Br2ClF2N3. The number of aromatic nitrogens is 2. The Morgan fingerprint density at radius 3 is 2.56 bits per heavy atom. The van der Waals surface area contributed by atoms with Gasteiger partial charge in [0.1, 0.15) is 28.9 Å². The van der Waals surface area contributed by atoms with Gasteiger partial charge in [0, 0.05) is 6.07 Å². The molecule has 0 saturated heterocycles. The molecule has 1 aromatic heterocycles. The maximum Gasteiger partial charge on any atom is 0.149 e. The highest BCUT2D eigenvalue weighted by Gasteiger charge is 2.12. The highest BCUT2D eigenvalue weighted by molar-refractivity contribution is 9.11. The highest BCUT2D eigenvalue weighted by Crippen LogP contribution is 2.31. The van der Waals surface area contributed by atoms with Crippen LogP contribution in [0.3, 0.4) is 0 Å². The molecule has 0 spiro atoms. The summed E-state index contributed by atoms with van der Waals surface area (Å²) in [4.78, 5) is 7.64. The predicted molar refractivity (Wildman–Crippen MR) is 72.1 cm³/mol. The third-order valence-corrected chi connectivity index (χ3v) is 3.88. The van der Waals surface area contributed by atoms with E-state index in [1.165, 1.54) is 12.4 Å². The average Bonchev–Trinajstić information content (AvgIpc) is 2.32. The maximum atomic E-state index is 13.5. The van der Waals surface area contributed by atoms with Gasteiger partial charge in [0.15, 0.2) is 0 Å². The Morgan fingerprint density at radius 1 is 1.11 bits per heavy atom. The van der Waals surface area contributed by atoms with Gasteiger partial charge in [-0.3, -0.25) is 0 Å². The fraction of sp³-hybridized carbons (Fsp3) is 0. The lowest BCUT2D eigenvalue weighted by molar-refractivity contribution is 0.581. The van der Waals surface area contributed by atoms with Gasteiger partial charge < -0.3 is 5.32 Å². The van der Waals surface area contributed by atoms with Crippen molar-refractivity contribution in [3.05, 3.63) is 44.2 Å². The molecule has 0 unspecified atom stereocenters. The first-order valence-electron chi connectivity index (χ1n) is 4.56. The number of anilines is 2. The summed E-state index contributed by atoms with van der Waals surface area (Å²) in [5.41, 5.74) is 0.0683. The molecule has 0 aliphatic rings. The van der Waals surface area contributed by atoms with Crippen LogP contribution in [0.1, 0.15) is 0 Å². The molecule has 1 aromatic carbocycles. The predicted octanol–water partition coefficient (Wildman–Crippen LogP) is 4.68. The van der Waals surface area contributed by atoms with Crippen LogP contribution in [0.25, 0.3) is 0 Å². The van der Waals surface area contributed by atoms with Crippen molar-refractivity contribution in [2.75, 3.05) is 5.32 Å². The van der Waals surface area contributed by atoms with Gasteiger partial charge in [0.05, 0.1) is 14.6 Å². The van der Waals surface area contributed by atoms with E-state index < -0.39 is 11.6 Å².